The van der Waals surface area contributed by atoms with E-state index in [0.29, 0.717) is 6.54 Å². The molecular formula is C22H24N4O2. The van der Waals surface area contributed by atoms with Crippen LogP contribution in [0, 0.1) is 6.92 Å². The summed E-state index contributed by atoms with van der Waals surface area (Å²) >= 11 is 0. The molecule has 0 saturated carbocycles. The molecule has 6 nitrogen and oxygen atoms in total. The van der Waals surface area contributed by atoms with E-state index in [0.717, 1.165) is 53.9 Å². The zero-order valence-corrected chi connectivity index (χ0v) is 15.9. The van der Waals surface area contributed by atoms with Gasteiger partial charge in [-0.05, 0) is 43.0 Å². The van der Waals surface area contributed by atoms with Crippen molar-refractivity contribution < 1.29 is 9.47 Å². The van der Waals surface area contributed by atoms with Gasteiger partial charge in [0, 0.05) is 19.2 Å². The summed E-state index contributed by atoms with van der Waals surface area (Å²) in [5, 5.41) is 6.76. The number of hydrogen-bond acceptors (Lipinski definition) is 6. The summed E-state index contributed by atoms with van der Waals surface area (Å²) in [7, 11) is 0. The van der Waals surface area contributed by atoms with Crippen LogP contribution in [0.3, 0.4) is 0 Å². The first kappa shape index (κ1) is 18.1. The molecule has 0 radical (unpaired) electrons. The van der Waals surface area contributed by atoms with Gasteiger partial charge in [0.1, 0.15) is 17.5 Å². The average molecular weight is 376 g/mol. The van der Waals surface area contributed by atoms with Crippen molar-refractivity contribution in [2.75, 3.05) is 24.0 Å². The average Bonchev–Trinajstić information content (AvgIpc) is 3.18. The minimum atomic E-state index is 0.288. The van der Waals surface area contributed by atoms with Crippen LogP contribution in [0.25, 0.3) is 0 Å². The molecule has 0 bridgehead atoms. The fraction of sp³-hybridized carbons (Fsp3) is 0.273. The van der Waals surface area contributed by atoms with E-state index in [1.54, 1.807) is 0 Å². The maximum absolute atomic E-state index is 5.43. The summed E-state index contributed by atoms with van der Waals surface area (Å²) in [6.07, 6.45) is 2.10. The lowest BCUT2D eigenvalue weighted by molar-refractivity contribution is 0.174. The van der Waals surface area contributed by atoms with Crippen molar-refractivity contribution >= 4 is 11.6 Å². The first-order chi connectivity index (χ1) is 13.8. The van der Waals surface area contributed by atoms with E-state index in [9.17, 15) is 0 Å². The number of aromatic nitrogens is 2. The van der Waals surface area contributed by atoms with E-state index in [1.807, 2.05) is 37.3 Å². The third-order valence-corrected chi connectivity index (χ3v) is 4.54. The van der Waals surface area contributed by atoms with E-state index in [-0.39, 0.29) is 6.79 Å². The van der Waals surface area contributed by atoms with Crippen LogP contribution in [-0.4, -0.2) is 23.3 Å². The monoisotopic (exact) mass is 376 g/mol. The van der Waals surface area contributed by atoms with Crippen LogP contribution in [0.15, 0.2) is 54.6 Å². The van der Waals surface area contributed by atoms with E-state index in [2.05, 4.69) is 44.9 Å². The highest BCUT2D eigenvalue weighted by molar-refractivity contribution is 5.49. The molecule has 4 rings (SSSR count). The highest BCUT2D eigenvalue weighted by Gasteiger charge is 2.13. The second-order valence-corrected chi connectivity index (χ2v) is 6.74. The predicted octanol–water partition coefficient (Wildman–Crippen LogP) is 4.17. The number of aryl methyl sites for hydroxylation is 2. The zero-order valence-electron chi connectivity index (χ0n) is 15.9. The molecule has 0 saturated heterocycles. The summed E-state index contributed by atoms with van der Waals surface area (Å²) in [6.45, 7) is 3.71. The Balaban J connectivity index is 1.30. The third-order valence-electron chi connectivity index (χ3n) is 4.54. The highest BCUT2D eigenvalue weighted by atomic mass is 16.7. The van der Waals surface area contributed by atoms with Crippen molar-refractivity contribution in [1.82, 2.24) is 9.97 Å². The van der Waals surface area contributed by atoms with Crippen LogP contribution in [-0.2, 0) is 13.0 Å². The van der Waals surface area contributed by atoms with Crippen LogP contribution < -0.4 is 20.1 Å². The predicted molar refractivity (Wildman–Crippen MR) is 110 cm³/mol. The fourth-order valence-corrected chi connectivity index (χ4v) is 3.15. The van der Waals surface area contributed by atoms with Crippen molar-refractivity contribution in [2.24, 2.45) is 0 Å². The van der Waals surface area contributed by atoms with Gasteiger partial charge >= 0.3 is 0 Å². The van der Waals surface area contributed by atoms with Crippen molar-refractivity contribution in [3.63, 3.8) is 0 Å². The van der Waals surface area contributed by atoms with E-state index < -0.39 is 0 Å². The number of rotatable bonds is 8. The summed E-state index contributed by atoms with van der Waals surface area (Å²) in [5.74, 6) is 3.97. The van der Waals surface area contributed by atoms with Crippen molar-refractivity contribution in [1.29, 1.82) is 0 Å². The van der Waals surface area contributed by atoms with Crippen LogP contribution in [0.5, 0.6) is 11.5 Å². The molecule has 3 aromatic rings. The molecule has 0 aliphatic carbocycles. The molecule has 1 aromatic heterocycles. The Labute approximate surface area is 164 Å². The van der Waals surface area contributed by atoms with Gasteiger partial charge in [-0.25, -0.2) is 9.97 Å². The van der Waals surface area contributed by atoms with Gasteiger partial charge in [-0.15, -0.1) is 0 Å². The largest absolute Gasteiger partial charge is 0.454 e. The summed E-state index contributed by atoms with van der Waals surface area (Å²) in [4.78, 5) is 8.96. The Morgan fingerprint density at radius 1 is 0.857 bits per heavy atom. The summed E-state index contributed by atoms with van der Waals surface area (Å²) in [5.41, 5.74) is 2.46. The third kappa shape index (κ3) is 4.71. The lowest BCUT2D eigenvalue weighted by atomic mass is 10.1. The maximum Gasteiger partial charge on any atom is 0.231 e. The fourth-order valence-electron chi connectivity index (χ4n) is 3.15. The topological polar surface area (TPSA) is 68.3 Å². The Kier molecular flexibility index (Phi) is 5.56. The summed E-state index contributed by atoms with van der Waals surface area (Å²) in [6, 6.07) is 18.4. The number of fused-ring (bicyclic) bond motifs is 1. The Morgan fingerprint density at radius 3 is 2.50 bits per heavy atom. The number of benzene rings is 2. The van der Waals surface area contributed by atoms with Crippen LogP contribution in [0.1, 0.15) is 23.4 Å². The smallest absolute Gasteiger partial charge is 0.231 e. The molecule has 6 heteroatoms. The first-order valence-corrected chi connectivity index (χ1v) is 9.52. The molecular weight excluding hydrogens is 352 g/mol. The number of hydrogen-bond donors (Lipinski definition) is 2. The molecule has 0 spiro atoms. The second-order valence-electron chi connectivity index (χ2n) is 6.74. The Morgan fingerprint density at radius 2 is 1.64 bits per heavy atom. The van der Waals surface area contributed by atoms with Crippen LogP contribution in [0.2, 0.25) is 0 Å². The Hall–Kier alpha value is -3.28. The molecule has 1 aliphatic rings. The standard InChI is InChI=1S/C22H24N4O2/c1-16-25-21(23-11-5-8-17-6-3-2-4-7-17)13-22(26-16)24-14-18-9-10-19-20(12-18)28-15-27-19/h2-4,6-7,9-10,12-13H,5,8,11,14-15H2,1H3,(H2,23,24,25,26). The van der Waals surface area contributed by atoms with Gasteiger partial charge in [0.2, 0.25) is 6.79 Å². The molecule has 0 fully saturated rings. The van der Waals surface area contributed by atoms with Gasteiger partial charge < -0.3 is 20.1 Å². The van der Waals surface area contributed by atoms with Gasteiger partial charge in [-0.1, -0.05) is 36.4 Å². The minimum absolute atomic E-state index is 0.288. The van der Waals surface area contributed by atoms with Gasteiger partial charge in [0.25, 0.3) is 0 Å². The van der Waals surface area contributed by atoms with Crippen LogP contribution >= 0.6 is 0 Å². The molecule has 144 valence electrons. The zero-order chi connectivity index (χ0) is 19.2. The molecule has 0 amide bonds. The molecule has 2 heterocycles. The molecule has 2 aromatic carbocycles. The summed E-state index contributed by atoms with van der Waals surface area (Å²) < 4.78 is 10.8. The van der Waals surface area contributed by atoms with Crippen LogP contribution in [0.4, 0.5) is 11.6 Å². The van der Waals surface area contributed by atoms with E-state index in [4.69, 9.17) is 9.47 Å². The number of nitrogens with one attached hydrogen (secondary N) is 2. The normalized spacial score (nSPS) is 12.0. The lowest BCUT2D eigenvalue weighted by Gasteiger charge is -2.11. The lowest BCUT2D eigenvalue weighted by Crippen LogP contribution is -2.08. The van der Waals surface area contributed by atoms with Crippen molar-refractivity contribution in [3.8, 4) is 11.5 Å². The minimum Gasteiger partial charge on any atom is -0.454 e. The first-order valence-electron chi connectivity index (χ1n) is 9.52. The number of ether oxygens (including phenoxy) is 2. The molecule has 0 atom stereocenters. The van der Waals surface area contributed by atoms with Gasteiger partial charge in [-0.2, -0.15) is 0 Å². The highest BCUT2D eigenvalue weighted by Crippen LogP contribution is 2.32. The molecule has 0 unspecified atom stereocenters. The van der Waals surface area contributed by atoms with E-state index >= 15 is 0 Å². The van der Waals surface area contributed by atoms with Crippen molar-refractivity contribution in [2.45, 2.75) is 26.3 Å². The number of anilines is 2. The Bertz CT molecular complexity index is 931. The van der Waals surface area contributed by atoms with Gasteiger partial charge in [0.15, 0.2) is 11.5 Å². The van der Waals surface area contributed by atoms with E-state index in [1.165, 1.54) is 5.56 Å². The number of nitrogens with zero attached hydrogens (tertiary/aromatic N) is 2. The SMILES string of the molecule is Cc1nc(NCCCc2ccccc2)cc(NCc2ccc3c(c2)OCO3)n1. The van der Waals surface area contributed by atoms with Gasteiger partial charge in [-0.3, -0.25) is 0 Å². The molecule has 1 aliphatic heterocycles. The van der Waals surface area contributed by atoms with Gasteiger partial charge in [0.05, 0.1) is 0 Å². The molecule has 28 heavy (non-hydrogen) atoms. The quantitative estimate of drug-likeness (QED) is 0.575. The second kappa shape index (κ2) is 8.61. The van der Waals surface area contributed by atoms with Crippen molar-refractivity contribution in [3.05, 3.63) is 71.5 Å². The molecule has 2 N–H and O–H groups in total. The maximum atomic E-state index is 5.43.